The standard InChI is InChI=1S/C46H92O2/c1-4-5-6-7-8-9-10-11-12-13-15-19-22-25-28-31-34-37-40-43-46(47)48-44-41-38-35-32-29-26-23-20-17-14-16-18-21-24-27-30-33-36-39-42-45(2)3/h45H,4-44H2,1-3H3. The molecule has 0 atom stereocenters. The van der Waals surface area contributed by atoms with E-state index in [0.717, 1.165) is 18.8 Å². The molecule has 0 N–H and O–H groups in total. The van der Waals surface area contributed by atoms with Crippen molar-refractivity contribution >= 4 is 5.97 Å². The van der Waals surface area contributed by atoms with Crippen LogP contribution in [0.15, 0.2) is 0 Å². The summed E-state index contributed by atoms with van der Waals surface area (Å²) in [7, 11) is 0. The van der Waals surface area contributed by atoms with Crippen LogP contribution in [0.5, 0.6) is 0 Å². The molecule has 0 aliphatic rings. The van der Waals surface area contributed by atoms with Gasteiger partial charge in [0, 0.05) is 6.42 Å². The van der Waals surface area contributed by atoms with Crippen LogP contribution in [-0.2, 0) is 9.53 Å². The molecule has 2 nitrogen and oxygen atoms in total. The van der Waals surface area contributed by atoms with E-state index in [1.165, 1.54) is 238 Å². The molecule has 0 amide bonds. The predicted octanol–water partition coefficient (Wildman–Crippen LogP) is 16.8. The van der Waals surface area contributed by atoms with E-state index >= 15 is 0 Å². The van der Waals surface area contributed by atoms with Crippen molar-refractivity contribution in [2.75, 3.05) is 6.61 Å². The second kappa shape index (κ2) is 42.6. The summed E-state index contributed by atoms with van der Waals surface area (Å²) in [5.41, 5.74) is 0. The Labute approximate surface area is 304 Å². The van der Waals surface area contributed by atoms with E-state index < -0.39 is 0 Å². The summed E-state index contributed by atoms with van der Waals surface area (Å²) in [5.74, 6) is 0.915. The number of hydrogen-bond acceptors (Lipinski definition) is 2. The molecular weight excluding hydrogens is 585 g/mol. The van der Waals surface area contributed by atoms with Gasteiger partial charge in [0.05, 0.1) is 6.61 Å². The molecule has 0 saturated heterocycles. The lowest BCUT2D eigenvalue weighted by molar-refractivity contribution is -0.143. The van der Waals surface area contributed by atoms with Crippen molar-refractivity contribution < 1.29 is 9.53 Å². The number of unbranched alkanes of at least 4 members (excludes halogenated alkanes) is 36. The maximum atomic E-state index is 12.0. The first kappa shape index (κ1) is 47.5. The minimum atomic E-state index is 0.0323. The van der Waals surface area contributed by atoms with Crippen molar-refractivity contribution in [3.8, 4) is 0 Å². The highest BCUT2D eigenvalue weighted by Gasteiger charge is 2.03. The molecule has 0 spiro atoms. The van der Waals surface area contributed by atoms with Gasteiger partial charge in [-0.3, -0.25) is 4.79 Å². The maximum absolute atomic E-state index is 12.0. The second-order valence-corrected chi connectivity index (χ2v) is 16.2. The zero-order chi connectivity index (χ0) is 34.9. The van der Waals surface area contributed by atoms with Gasteiger partial charge >= 0.3 is 5.97 Å². The third-order valence-corrected chi connectivity index (χ3v) is 10.7. The molecule has 48 heavy (non-hydrogen) atoms. The molecule has 0 heterocycles. The topological polar surface area (TPSA) is 26.3 Å². The normalized spacial score (nSPS) is 11.6. The molecular formula is C46H92O2. The van der Waals surface area contributed by atoms with E-state index in [1.807, 2.05) is 0 Å². The Morgan fingerprint density at radius 1 is 0.354 bits per heavy atom. The van der Waals surface area contributed by atoms with Gasteiger partial charge in [-0.25, -0.2) is 0 Å². The van der Waals surface area contributed by atoms with Crippen molar-refractivity contribution in [2.24, 2.45) is 5.92 Å². The van der Waals surface area contributed by atoms with Crippen LogP contribution in [0.3, 0.4) is 0 Å². The van der Waals surface area contributed by atoms with Crippen LogP contribution in [0.1, 0.15) is 278 Å². The lowest BCUT2D eigenvalue weighted by Crippen LogP contribution is -2.05. The van der Waals surface area contributed by atoms with E-state index in [2.05, 4.69) is 20.8 Å². The van der Waals surface area contributed by atoms with Crippen LogP contribution >= 0.6 is 0 Å². The minimum Gasteiger partial charge on any atom is -0.466 e. The van der Waals surface area contributed by atoms with Crippen molar-refractivity contribution in [1.29, 1.82) is 0 Å². The molecule has 0 bridgehead atoms. The number of rotatable bonds is 42. The number of carbonyl (C=O) groups is 1. The van der Waals surface area contributed by atoms with Crippen LogP contribution in [0.2, 0.25) is 0 Å². The van der Waals surface area contributed by atoms with Crippen molar-refractivity contribution in [3.63, 3.8) is 0 Å². The second-order valence-electron chi connectivity index (χ2n) is 16.2. The summed E-state index contributed by atoms with van der Waals surface area (Å²) in [6, 6.07) is 0. The predicted molar refractivity (Wildman–Crippen MR) is 216 cm³/mol. The summed E-state index contributed by atoms with van der Waals surface area (Å²) in [5, 5.41) is 0. The van der Waals surface area contributed by atoms with Crippen LogP contribution in [-0.4, -0.2) is 12.6 Å². The van der Waals surface area contributed by atoms with Gasteiger partial charge in [0.25, 0.3) is 0 Å². The molecule has 0 aromatic carbocycles. The van der Waals surface area contributed by atoms with E-state index in [-0.39, 0.29) is 5.97 Å². The molecule has 0 aromatic heterocycles. The maximum Gasteiger partial charge on any atom is 0.305 e. The SMILES string of the molecule is CCCCCCCCCCCCCCCCCCCCCC(=O)OCCCCCCCCCCCCCCCCCCCCCC(C)C. The number of ether oxygens (including phenoxy) is 1. The number of esters is 1. The smallest absolute Gasteiger partial charge is 0.305 e. The molecule has 0 rings (SSSR count). The fraction of sp³-hybridized carbons (Fsp3) is 0.978. The molecule has 0 aliphatic carbocycles. The summed E-state index contributed by atoms with van der Waals surface area (Å²) in [6.45, 7) is 7.62. The van der Waals surface area contributed by atoms with Crippen LogP contribution in [0.25, 0.3) is 0 Å². The minimum absolute atomic E-state index is 0.0323. The Bertz CT molecular complexity index is 585. The highest BCUT2D eigenvalue weighted by molar-refractivity contribution is 5.69. The average molecular weight is 677 g/mol. The quantitative estimate of drug-likeness (QED) is 0.0475. The zero-order valence-electron chi connectivity index (χ0n) is 33.9. The van der Waals surface area contributed by atoms with Gasteiger partial charge in [-0.2, -0.15) is 0 Å². The van der Waals surface area contributed by atoms with Crippen molar-refractivity contribution in [1.82, 2.24) is 0 Å². The van der Waals surface area contributed by atoms with Gasteiger partial charge in [0.2, 0.25) is 0 Å². The third-order valence-electron chi connectivity index (χ3n) is 10.7. The average Bonchev–Trinajstić information content (AvgIpc) is 3.08. The van der Waals surface area contributed by atoms with Crippen LogP contribution in [0.4, 0.5) is 0 Å². The largest absolute Gasteiger partial charge is 0.466 e. The monoisotopic (exact) mass is 677 g/mol. The van der Waals surface area contributed by atoms with Gasteiger partial charge in [0.1, 0.15) is 0 Å². The van der Waals surface area contributed by atoms with Crippen molar-refractivity contribution in [2.45, 2.75) is 278 Å². The first-order chi connectivity index (χ1) is 23.7. The Hall–Kier alpha value is -0.530. The van der Waals surface area contributed by atoms with Gasteiger partial charge < -0.3 is 4.74 Å². The first-order valence-corrected chi connectivity index (χ1v) is 22.8. The Balaban J connectivity index is 3.14. The summed E-state index contributed by atoms with van der Waals surface area (Å²) < 4.78 is 5.48. The summed E-state index contributed by atoms with van der Waals surface area (Å²) in [6.07, 6.45) is 55.0. The highest BCUT2D eigenvalue weighted by atomic mass is 16.5. The van der Waals surface area contributed by atoms with Gasteiger partial charge in [-0.1, -0.05) is 258 Å². The first-order valence-electron chi connectivity index (χ1n) is 22.8. The number of carbonyl (C=O) groups excluding carboxylic acids is 1. The molecule has 0 saturated carbocycles. The van der Waals surface area contributed by atoms with E-state index in [4.69, 9.17) is 4.74 Å². The molecule has 0 radical (unpaired) electrons. The van der Waals surface area contributed by atoms with Crippen molar-refractivity contribution in [3.05, 3.63) is 0 Å². The summed E-state index contributed by atoms with van der Waals surface area (Å²) >= 11 is 0. The van der Waals surface area contributed by atoms with E-state index in [0.29, 0.717) is 13.0 Å². The number of hydrogen-bond donors (Lipinski definition) is 0. The Morgan fingerprint density at radius 3 is 0.896 bits per heavy atom. The third kappa shape index (κ3) is 43.5. The molecule has 288 valence electrons. The fourth-order valence-corrected chi connectivity index (χ4v) is 7.27. The Kier molecular flexibility index (Phi) is 42.2. The van der Waals surface area contributed by atoms with Gasteiger partial charge in [-0.15, -0.1) is 0 Å². The van der Waals surface area contributed by atoms with Gasteiger partial charge in [-0.05, 0) is 18.8 Å². The van der Waals surface area contributed by atoms with E-state index in [9.17, 15) is 4.79 Å². The van der Waals surface area contributed by atoms with E-state index in [1.54, 1.807) is 0 Å². The molecule has 2 heteroatoms. The molecule has 0 aliphatic heterocycles. The summed E-state index contributed by atoms with van der Waals surface area (Å²) in [4.78, 5) is 12.0. The Morgan fingerprint density at radius 2 is 0.604 bits per heavy atom. The van der Waals surface area contributed by atoms with Crippen LogP contribution < -0.4 is 0 Å². The molecule has 0 aromatic rings. The van der Waals surface area contributed by atoms with Crippen LogP contribution in [0, 0.1) is 5.92 Å². The highest BCUT2D eigenvalue weighted by Crippen LogP contribution is 2.17. The van der Waals surface area contributed by atoms with Gasteiger partial charge in [0.15, 0.2) is 0 Å². The zero-order valence-corrected chi connectivity index (χ0v) is 33.9. The fourth-order valence-electron chi connectivity index (χ4n) is 7.27. The molecule has 0 fully saturated rings. The lowest BCUT2D eigenvalue weighted by Gasteiger charge is -2.06. The molecule has 0 unspecified atom stereocenters. The lowest BCUT2D eigenvalue weighted by atomic mass is 10.0.